The number of aliphatic hydroxyl groups is 1. The van der Waals surface area contributed by atoms with E-state index in [-0.39, 0.29) is 30.6 Å². The summed E-state index contributed by atoms with van der Waals surface area (Å²) < 4.78 is 0. The number of carbonyl (C=O) groups is 1. The molecule has 0 radical (unpaired) electrons. The average Bonchev–Trinajstić information content (AvgIpc) is 2.75. The van der Waals surface area contributed by atoms with Gasteiger partial charge in [-0.1, -0.05) is 49.6 Å². The first-order valence-electron chi connectivity index (χ1n) is 11.1. The first-order valence-corrected chi connectivity index (χ1v) is 11.1. The molecule has 1 saturated heterocycles. The normalized spacial score (nSPS) is 27.5. The molecular weight excluding hydrogens is 362 g/mol. The van der Waals surface area contributed by atoms with Crippen LogP contribution < -0.4 is 5.32 Å². The number of likely N-dealkylation sites (tertiary alicyclic amines) is 1. The summed E-state index contributed by atoms with van der Waals surface area (Å²) in [6.45, 7) is -0.131. The number of nitrogens with one attached hydrogen (secondary N) is 1. The van der Waals surface area contributed by atoms with Crippen LogP contribution in [0.15, 0.2) is 30.3 Å². The lowest BCUT2D eigenvalue weighted by molar-refractivity contribution is 0.0153. The standard InChI is InChI=1S/C24H31N3O2/c25-15-21-23(19-13-11-18(12-14-19)17-7-3-1-4-8-17)22(16-28)27(21)24(29)26-20-9-5-2-6-10-20/h7,11-14,20-23,28H,1-6,8-10,16H2,(H,26,29)/t21-,22-,23+/m1/s1. The molecule has 5 heteroatoms. The van der Waals surface area contributed by atoms with Gasteiger partial charge in [-0.25, -0.2) is 4.79 Å². The van der Waals surface area contributed by atoms with Crippen molar-refractivity contribution in [1.29, 1.82) is 5.26 Å². The van der Waals surface area contributed by atoms with Gasteiger partial charge < -0.3 is 15.3 Å². The second-order valence-corrected chi connectivity index (χ2v) is 8.64. The molecule has 0 spiro atoms. The maximum absolute atomic E-state index is 12.8. The molecule has 0 aromatic heterocycles. The molecule has 1 aromatic rings. The smallest absolute Gasteiger partial charge is 0.319 e. The zero-order valence-electron chi connectivity index (χ0n) is 17.0. The maximum Gasteiger partial charge on any atom is 0.319 e. The first-order chi connectivity index (χ1) is 14.2. The van der Waals surface area contributed by atoms with Gasteiger partial charge in [-0.15, -0.1) is 0 Å². The Morgan fingerprint density at radius 3 is 2.52 bits per heavy atom. The van der Waals surface area contributed by atoms with Gasteiger partial charge in [-0.3, -0.25) is 0 Å². The highest BCUT2D eigenvalue weighted by Gasteiger charge is 2.52. The predicted octanol–water partition coefficient (Wildman–Crippen LogP) is 4.34. The second kappa shape index (κ2) is 9.00. The highest BCUT2D eigenvalue weighted by atomic mass is 16.3. The van der Waals surface area contributed by atoms with Crippen molar-refractivity contribution in [2.75, 3.05) is 6.61 Å². The lowest BCUT2D eigenvalue weighted by Gasteiger charge is -2.51. The molecule has 1 aliphatic heterocycles. The fraction of sp³-hybridized carbons (Fsp3) is 0.583. The molecule has 1 aromatic carbocycles. The van der Waals surface area contributed by atoms with Crippen LogP contribution in [0.4, 0.5) is 4.79 Å². The minimum atomic E-state index is -0.532. The third-order valence-corrected chi connectivity index (χ3v) is 6.86. The SMILES string of the molecule is N#C[C@@H]1[C@H](c2ccc(C3=CCCCC3)cc2)[C@@H](CO)N1C(=O)NC1CCCCC1. The summed E-state index contributed by atoms with van der Waals surface area (Å²) in [6.07, 6.45) is 12.6. The van der Waals surface area contributed by atoms with Crippen molar-refractivity contribution < 1.29 is 9.90 Å². The van der Waals surface area contributed by atoms with Crippen molar-refractivity contribution >= 4 is 11.6 Å². The van der Waals surface area contributed by atoms with Crippen LogP contribution in [-0.2, 0) is 0 Å². The van der Waals surface area contributed by atoms with Gasteiger partial charge in [-0.05, 0) is 55.2 Å². The minimum Gasteiger partial charge on any atom is -0.394 e. The topological polar surface area (TPSA) is 76.4 Å². The summed E-state index contributed by atoms with van der Waals surface area (Å²) in [7, 11) is 0. The molecule has 2 N–H and O–H groups in total. The Morgan fingerprint density at radius 2 is 1.90 bits per heavy atom. The quantitative estimate of drug-likeness (QED) is 0.799. The number of allylic oxidation sites excluding steroid dienone is 2. The van der Waals surface area contributed by atoms with Crippen LogP contribution in [-0.4, -0.2) is 40.8 Å². The molecule has 154 valence electrons. The third kappa shape index (κ3) is 4.04. The summed E-state index contributed by atoms with van der Waals surface area (Å²) in [5, 5.41) is 22.8. The summed E-state index contributed by atoms with van der Waals surface area (Å²) in [5.74, 6) is -0.142. The average molecular weight is 394 g/mol. The number of nitriles is 1. The van der Waals surface area contributed by atoms with E-state index in [0.717, 1.165) is 44.1 Å². The van der Waals surface area contributed by atoms with Crippen LogP contribution in [0.2, 0.25) is 0 Å². The van der Waals surface area contributed by atoms with E-state index in [4.69, 9.17) is 0 Å². The number of nitrogens with zero attached hydrogens (tertiary/aromatic N) is 2. The van der Waals surface area contributed by atoms with Crippen molar-refractivity contribution in [2.45, 2.75) is 81.8 Å². The van der Waals surface area contributed by atoms with Gasteiger partial charge in [0.15, 0.2) is 0 Å². The summed E-state index contributed by atoms with van der Waals surface area (Å²) in [4.78, 5) is 14.4. The molecule has 2 aliphatic carbocycles. The number of hydrogen-bond donors (Lipinski definition) is 2. The molecule has 29 heavy (non-hydrogen) atoms. The number of aliphatic hydroxyl groups excluding tert-OH is 1. The van der Waals surface area contributed by atoms with Gasteiger partial charge >= 0.3 is 6.03 Å². The molecule has 5 nitrogen and oxygen atoms in total. The minimum absolute atomic E-state index is 0.131. The van der Waals surface area contributed by atoms with E-state index < -0.39 is 6.04 Å². The van der Waals surface area contributed by atoms with Crippen molar-refractivity contribution in [3.05, 3.63) is 41.5 Å². The molecule has 2 amide bonds. The lowest BCUT2D eigenvalue weighted by atomic mass is 9.75. The van der Waals surface area contributed by atoms with E-state index in [9.17, 15) is 15.2 Å². The molecular formula is C24H31N3O2. The van der Waals surface area contributed by atoms with Gasteiger partial charge in [0, 0.05) is 12.0 Å². The van der Waals surface area contributed by atoms with Gasteiger partial charge in [0.25, 0.3) is 0 Å². The highest BCUT2D eigenvalue weighted by Crippen LogP contribution is 2.41. The van der Waals surface area contributed by atoms with Crippen LogP contribution >= 0.6 is 0 Å². The van der Waals surface area contributed by atoms with Gasteiger partial charge in [-0.2, -0.15) is 5.26 Å². The van der Waals surface area contributed by atoms with Gasteiger partial charge in [0.05, 0.1) is 18.7 Å². The van der Waals surface area contributed by atoms with Crippen molar-refractivity contribution in [2.24, 2.45) is 0 Å². The zero-order chi connectivity index (χ0) is 20.2. The monoisotopic (exact) mass is 393 g/mol. The van der Waals surface area contributed by atoms with E-state index in [1.807, 2.05) is 0 Å². The number of carbonyl (C=O) groups excluding carboxylic acids is 1. The fourth-order valence-electron chi connectivity index (χ4n) is 5.20. The molecule has 0 unspecified atom stereocenters. The fourth-order valence-corrected chi connectivity index (χ4v) is 5.20. The Morgan fingerprint density at radius 1 is 1.14 bits per heavy atom. The van der Waals surface area contributed by atoms with Crippen LogP contribution in [0, 0.1) is 11.3 Å². The van der Waals surface area contributed by atoms with E-state index in [1.54, 1.807) is 4.90 Å². The number of hydrogen-bond acceptors (Lipinski definition) is 3. The molecule has 1 saturated carbocycles. The van der Waals surface area contributed by atoms with Crippen LogP contribution in [0.5, 0.6) is 0 Å². The second-order valence-electron chi connectivity index (χ2n) is 8.64. The Labute approximate surface area is 173 Å². The largest absolute Gasteiger partial charge is 0.394 e. The Hall–Kier alpha value is -2.32. The van der Waals surface area contributed by atoms with E-state index >= 15 is 0 Å². The van der Waals surface area contributed by atoms with Crippen LogP contribution in [0.3, 0.4) is 0 Å². The zero-order valence-corrected chi connectivity index (χ0v) is 17.0. The lowest BCUT2D eigenvalue weighted by Crippen LogP contribution is -2.67. The Kier molecular flexibility index (Phi) is 6.20. The van der Waals surface area contributed by atoms with Crippen molar-refractivity contribution in [1.82, 2.24) is 10.2 Å². The highest BCUT2D eigenvalue weighted by molar-refractivity contribution is 5.78. The molecule has 3 aliphatic rings. The molecule has 1 heterocycles. The summed E-state index contributed by atoms with van der Waals surface area (Å²) in [5.41, 5.74) is 3.67. The summed E-state index contributed by atoms with van der Waals surface area (Å²) in [6, 6.07) is 9.80. The number of urea groups is 1. The molecule has 2 fully saturated rings. The Balaban J connectivity index is 1.47. The molecule has 3 atom stereocenters. The number of rotatable bonds is 4. The van der Waals surface area contributed by atoms with Crippen molar-refractivity contribution in [3.63, 3.8) is 0 Å². The van der Waals surface area contributed by atoms with E-state index in [1.165, 1.54) is 30.4 Å². The van der Waals surface area contributed by atoms with E-state index in [0.29, 0.717) is 0 Å². The van der Waals surface area contributed by atoms with E-state index in [2.05, 4.69) is 41.7 Å². The third-order valence-electron chi connectivity index (χ3n) is 6.86. The maximum atomic E-state index is 12.8. The molecule has 0 bridgehead atoms. The van der Waals surface area contributed by atoms with Crippen LogP contribution in [0.1, 0.15) is 74.8 Å². The first kappa shape index (κ1) is 20.0. The summed E-state index contributed by atoms with van der Waals surface area (Å²) >= 11 is 0. The Bertz CT molecular complexity index is 789. The van der Waals surface area contributed by atoms with Crippen LogP contribution in [0.25, 0.3) is 5.57 Å². The van der Waals surface area contributed by atoms with Gasteiger partial charge in [0.2, 0.25) is 0 Å². The predicted molar refractivity (Wildman–Crippen MR) is 113 cm³/mol. The van der Waals surface area contributed by atoms with Gasteiger partial charge in [0.1, 0.15) is 6.04 Å². The number of amides is 2. The number of benzene rings is 1. The molecule has 4 rings (SSSR count). The van der Waals surface area contributed by atoms with Crippen molar-refractivity contribution in [3.8, 4) is 6.07 Å².